The van der Waals surface area contributed by atoms with E-state index in [9.17, 15) is 14.7 Å². The number of carbonyl (C=O) groups is 2. The molecule has 1 saturated heterocycles. The summed E-state index contributed by atoms with van der Waals surface area (Å²) in [5.41, 5.74) is 1.85. The Hall–Kier alpha value is -2.86. The van der Waals surface area contributed by atoms with Gasteiger partial charge in [0.05, 0.1) is 18.8 Å². The fourth-order valence-corrected chi connectivity index (χ4v) is 3.50. The molecule has 1 fully saturated rings. The molecule has 2 aromatic rings. The quantitative estimate of drug-likeness (QED) is 0.748. The van der Waals surface area contributed by atoms with E-state index in [0.717, 1.165) is 11.1 Å². The molecule has 0 radical (unpaired) electrons. The van der Waals surface area contributed by atoms with E-state index in [0.29, 0.717) is 6.54 Å². The number of amides is 2. The summed E-state index contributed by atoms with van der Waals surface area (Å²) in [6.45, 7) is 3.82. The molecule has 0 aromatic heterocycles. The van der Waals surface area contributed by atoms with Gasteiger partial charge in [-0.05, 0) is 25.0 Å². The Balaban J connectivity index is 1.91. The van der Waals surface area contributed by atoms with Crippen LogP contribution in [-0.2, 0) is 22.6 Å². The molecule has 6 heteroatoms. The van der Waals surface area contributed by atoms with E-state index in [1.54, 1.807) is 18.7 Å². The first-order valence-electron chi connectivity index (χ1n) is 9.47. The van der Waals surface area contributed by atoms with Crippen LogP contribution in [0.15, 0.2) is 60.7 Å². The molecule has 0 bridgehead atoms. The van der Waals surface area contributed by atoms with Crippen LogP contribution < -0.4 is 0 Å². The van der Waals surface area contributed by atoms with Crippen LogP contribution in [0, 0.1) is 0 Å². The van der Waals surface area contributed by atoms with Crippen molar-refractivity contribution in [2.75, 3.05) is 6.61 Å². The number of benzene rings is 2. The SMILES string of the molecule is CC(C)OC(=O)C1C(CO)N(Cc2ccccc2)C(=O)N1Cc1ccccc1. The van der Waals surface area contributed by atoms with Gasteiger partial charge in [-0.2, -0.15) is 0 Å². The van der Waals surface area contributed by atoms with Crippen LogP contribution in [-0.4, -0.2) is 51.7 Å². The Morgan fingerprint density at radius 2 is 1.46 bits per heavy atom. The number of urea groups is 1. The van der Waals surface area contributed by atoms with Crippen molar-refractivity contribution in [1.29, 1.82) is 0 Å². The number of hydrogen-bond donors (Lipinski definition) is 1. The van der Waals surface area contributed by atoms with Crippen molar-refractivity contribution in [3.63, 3.8) is 0 Å². The fraction of sp³-hybridized carbons (Fsp3) is 0.364. The lowest BCUT2D eigenvalue weighted by Crippen LogP contribution is -2.46. The maximum absolute atomic E-state index is 13.2. The van der Waals surface area contributed by atoms with Crippen LogP contribution in [0.2, 0.25) is 0 Å². The zero-order chi connectivity index (χ0) is 20.1. The number of hydrogen-bond acceptors (Lipinski definition) is 4. The second-order valence-corrected chi connectivity index (χ2v) is 7.19. The van der Waals surface area contributed by atoms with Gasteiger partial charge < -0.3 is 19.6 Å². The monoisotopic (exact) mass is 382 g/mol. The molecule has 6 nitrogen and oxygen atoms in total. The standard InChI is InChI=1S/C22H26N2O4/c1-16(2)28-21(26)20-19(15-25)23(13-17-9-5-3-6-10-17)22(27)24(20)14-18-11-7-4-8-12-18/h3-12,16,19-20,25H,13-15H2,1-2H3. The topological polar surface area (TPSA) is 70.1 Å². The van der Waals surface area contributed by atoms with E-state index >= 15 is 0 Å². The summed E-state index contributed by atoms with van der Waals surface area (Å²) in [6, 6.07) is 17.2. The van der Waals surface area contributed by atoms with Crippen LogP contribution in [0.3, 0.4) is 0 Å². The van der Waals surface area contributed by atoms with Crippen molar-refractivity contribution in [2.24, 2.45) is 0 Å². The van der Waals surface area contributed by atoms with Gasteiger partial charge >= 0.3 is 12.0 Å². The van der Waals surface area contributed by atoms with Gasteiger partial charge in [0.1, 0.15) is 0 Å². The minimum atomic E-state index is -0.858. The number of nitrogens with zero attached hydrogens (tertiary/aromatic N) is 2. The third-order valence-corrected chi connectivity index (χ3v) is 4.76. The summed E-state index contributed by atoms with van der Waals surface area (Å²) in [5, 5.41) is 10.0. The first-order valence-corrected chi connectivity index (χ1v) is 9.47. The molecule has 1 aliphatic heterocycles. The van der Waals surface area contributed by atoms with Crippen molar-refractivity contribution in [3.8, 4) is 0 Å². The van der Waals surface area contributed by atoms with E-state index in [2.05, 4.69) is 0 Å². The van der Waals surface area contributed by atoms with E-state index in [1.165, 1.54) is 4.90 Å². The molecular weight excluding hydrogens is 356 g/mol. The molecule has 2 aromatic carbocycles. The van der Waals surface area contributed by atoms with Gasteiger partial charge in [0.15, 0.2) is 6.04 Å². The normalized spacial score (nSPS) is 19.4. The van der Waals surface area contributed by atoms with Crippen LogP contribution in [0.1, 0.15) is 25.0 Å². The Bertz CT molecular complexity index is 795. The first kappa shape index (κ1) is 19.9. The molecule has 1 heterocycles. The zero-order valence-electron chi connectivity index (χ0n) is 16.2. The number of aliphatic hydroxyl groups is 1. The van der Waals surface area contributed by atoms with Crippen LogP contribution in [0.4, 0.5) is 4.79 Å². The van der Waals surface area contributed by atoms with E-state index in [1.807, 2.05) is 60.7 Å². The van der Waals surface area contributed by atoms with E-state index < -0.39 is 18.1 Å². The molecule has 28 heavy (non-hydrogen) atoms. The predicted octanol–water partition coefficient (Wildman–Crippen LogP) is 2.81. The molecule has 2 unspecified atom stereocenters. The minimum Gasteiger partial charge on any atom is -0.461 e. The van der Waals surface area contributed by atoms with Gasteiger partial charge in [-0.3, -0.25) is 0 Å². The summed E-state index contributed by atoms with van der Waals surface area (Å²) in [5.74, 6) is -0.492. The van der Waals surface area contributed by atoms with Crippen LogP contribution >= 0.6 is 0 Å². The van der Waals surface area contributed by atoms with Crippen molar-refractivity contribution in [2.45, 2.75) is 45.1 Å². The average Bonchev–Trinajstić information content (AvgIpc) is 2.94. The number of esters is 1. The third kappa shape index (κ3) is 4.34. The van der Waals surface area contributed by atoms with Crippen LogP contribution in [0.5, 0.6) is 0 Å². The Morgan fingerprint density at radius 1 is 0.964 bits per heavy atom. The second-order valence-electron chi connectivity index (χ2n) is 7.19. The number of carbonyl (C=O) groups excluding carboxylic acids is 2. The summed E-state index contributed by atoms with van der Waals surface area (Å²) in [7, 11) is 0. The molecule has 1 N–H and O–H groups in total. The van der Waals surface area contributed by atoms with Gasteiger partial charge in [0.25, 0.3) is 0 Å². The van der Waals surface area contributed by atoms with Crippen LogP contribution in [0.25, 0.3) is 0 Å². The van der Waals surface area contributed by atoms with Gasteiger partial charge in [-0.1, -0.05) is 60.7 Å². The predicted molar refractivity (Wildman–Crippen MR) is 105 cm³/mol. The second kappa shape index (κ2) is 8.89. The Morgan fingerprint density at radius 3 is 1.93 bits per heavy atom. The highest BCUT2D eigenvalue weighted by Gasteiger charge is 2.50. The molecule has 0 aliphatic carbocycles. The lowest BCUT2D eigenvalue weighted by Gasteiger charge is -2.26. The van der Waals surface area contributed by atoms with Crippen molar-refractivity contribution < 1.29 is 19.4 Å². The molecule has 0 saturated carbocycles. The molecule has 3 rings (SSSR count). The molecule has 2 atom stereocenters. The van der Waals surface area contributed by atoms with Crippen molar-refractivity contribution in [3.05, 3.63) is 71.8 Å². The maximum atomic E-state index is 13.2. The van der Waals surface area contributed by atoms with E-state index in [-0.39, 0.29) is 25.3 Å². The number of aliphatic hydroxyl groups excluding tert-OH is 1. The Kier molecular flexibility index (Phi) is 6.31. The van der Waals surface area contributed by atoms with Crippen molar-refractivity contribution >= 4 is 12.0 Å². The molecule has 148 valence electrons. The Labute approximate surface area is 165 Å². The summed E-state index contributed by atoms with van der Waals surface area (Å²) in [4.78, 5) is 29.1. The summed E-state index contributed by atoms with van der Waals surface area (Å²) < 4.78 is 5.41. The van der Waals surface area contributed by atoms with Crippen molar-refractivity contribution in [1.82, 2.24) is 9.80 Å². The van der Waals surface area contributed by atoms with E-state index in [4.69, 9.17) is 4.74 Å². The van der Waals surface area contributed by atoms with Gasteiger partial charge in [0.2, 0.25) is 0 Å². The zero-order valence-corrected chi connectivity index (χ0v) is 16.2. The molecule has 0 spiro atoms. The average molecular weight is 382 g/mol. The number of ether oxygens (including phenoxy) is 1. The molecular formula is C22H26N2O4. The highest BCUT2D eigenvalue weighted by molar-refractivity contribution is 5.88. The van der Waals surface area contributed by atoms with Gasteiger partial charge in [-0.15, -0.1) is 0 Å². The minimum absolute atomic E-state index is 0.277. The highest BCUT2D eigenvalue weighted by atomic mass is 16.5. The first-order chi connectivity index (χ1) is 13.5. The summed E-state index contributed by atoms with van der Waals surface area (Å²) in [6.07, 6.45) is -0.302. The highest BCUT2D eigenvalue weighted by Crippen LogP contribution is 2.28. The maximum Gasteiger partial charge on any atom is 0.331 e. The lowest BCUT2D eigenvalue weighted by atomic mass is 10.1. The van der Waals surface area contributed by atoms with Gasteiger partial charge in [0, 0.05) is 13.1 Å². The number of rotatable bonds is 7. The molecule has 2 amide bonds. The largest absolute Gasteiger partial charge is 0.461 e. The lowest BCUT2D eigenvalue weighted by molar-refractivity contribution is -0.153. The molecule has 1 aliphatic rings. The third-order valence-electron chi connectivity index (χ3n) is 4.76. The smallest absolute Gasteiger partial charge is 0.331 e. The summed E-state index contributed by atoms with van der Waals surface area (Å²) >= 11 is 0. The van der Waals surface area contributed by atoms with Gasteiger partial charge in [-0.25, -0.2) is 9.59 Å². The fourth-order valence-electron chi connectivity index (χ4n) is 3.50.